The summed E-state index contributed by atoms with van der Waals surface area (Å²) in [7, 11) is 0. The molecule has 2 heterocycles. The molecular weight excluding hydrogens is 447 g/mol. The first-order valence-corrected chi connectivity index (χ1v) is 11.7. The van der Waals surface area contributed by atoms with E-state index in [2.05, 4.69) is 0 Å². The Kier molecular flexibility index (Phi) is 5.22. The van der Waals surface area contributed by atoms with E-state index in [1.807, 2.05) is 37.3 Å². The fraction of sp³-hybridized carbons (Fsp3) is 0.200. The molecule has 3 aromatic rings. The van der Waals surface area contributed by atoms with E-state index >= 15 is 0 Å². The molecule has 0 unspecified atom stereocenters. The standard InChI is InChI=1S/C25H20ClFN2O2S/c1-16-6-8-17(9-7-16)23(30)29-12-13-32-25(29)20-14-19(27)10-11-22(20)28(24(25)31)15-18-4-2-3-5-21(18)26/h2-11,14H,12-13,15H2,1H3/t25-/m0/s1. The van der Waals surface area contributed by atoms with Gasteiger partial charge in [-0.15, -0.1) is 11.8 Å². The van der Waals surface area contributed by atoms with Crippen LogP contribution in [0.15, 0.2) is 66.7 Å². The van der Waals surface area contributed by atoms with Crippen molar-refractivity contribution in [1.29, 1.82) is 0 Å². The quantitative estimate of drug-likeness (QED) is 0.520. The summed E-state index contributed by atoms with van der Waals surface area (Å²) < 4.78 is 14.4. The van der Waals surface area contributed by atoms with Crippen LogP contribution in [-0.4, -0.2) is 29.0 Å². The van der Waals surface area contributed by atoms with E-state index in [-0.39, 0.29) is 18.4 Å². The summed E-state index contributed by atoms with van der Waals surface area (Å²) in [6, 6.07) is 18.9. The first kappa shape index (κ1) is 21.0. The Bertz CT molecular complexity index is 1230. The van der Waals surface area contributed by atoms with Crippen molar-refractivity contribution in [3.8, 4) is 0 Å². The molecule has 2 aliphatic heterocycles. The van der Waals surface area contributed by atoms with Crippen molar-refractivity contribution in [3.05, 3.63) is 99.8 Å². The van der Waals surface area contributed by atoms with Crippen molar-refractivity contribution in [2.45, 2.75) is 18.3 Å². The van der Waals surface area contributed by atoms with E-state index in [0.29, 0.717) is 34.1 Å². The number of thioether (sulfide) groups is 1. The van der Waals surface area contributed by atoms with Crippen LogP contribution >= 0.6 is 23.4 Å². The molecule has 0 radical (unpaired) electrons. The molecule has 7 heteroatoms. The zero-order valence-electron chi connectivity index (χ0n) is 17.3. The zero-order valence-corrected chi connectivity index (χ0v) is 18.9. The number of carbonyl (C=O) groups excluding carboxylic acids is 2. The van der Waals surface area contributed by atoms with Crippen LogP contribution in [-0.2, 0) is 16.2 Å². The van der Waals surface area contributed by atoms with Gasteiger partial charge in [-0.1, -0.05) is 47.5 Å². The van der Waals surface area contributed by atoms with Gasteiger partial charge in [-0.3, -0.25) is 9.59 Å². The largest absolute Gasteiger partial charge is 0.311 e. The highest BCUT2D eigenvalue weighted by molar-refractivity contribution is 8.01. The summed E-state index contributed by atoms with van der Waals surface area (Å²) in [6.45, 7) is 2.60. The lowest BCUT2D eigenvalue weighted by molar-refractivity contribution is -0.123. The average Bonchev–Trinajstić information content (AvgIpc) is 3.32. The Labute approximate surface area is 195 Å². The first-order valence-electron chi connectivity index (χ1n) is 10.3. The normalized spacial score (nSPS) is 19.7. The molecule has 1 spiro atoms. The number of hydrogen-bond donors (Lipinski definition) is 0. The number of amides is 2. The monoisotopic (exact) mass is 466 g/mol. The van der Waals surface area contributed by atoms with Gasteiger partial charge in [-0.05, 0) is 48.9 Å². The third kappa shape index (κ3) is 3.21. The maximum atomic E-state index is 14.4. The number of fused-ring (bicyclic) bond motifs is 2. The van der Waals surface area contributed by atoms with Gasteiger partial charge in [0.2, 0.25) is 0 Å². The van der Waals surface area contributed by atoms with Crippen LogP contribution in [0.4, 0.5) is 10.1 Å². The number of hydrogen-bond acceptors (Lipinski definition) is 3. The van der Waals surface area contributed by atoms with E-state index in [9.17, 15) is 14.0 Å². The number of aryl methyl sites for hydroxylation is 1. The van der Waals surface area contributed by atoms with E-state index in [1.54, 1.807) is 34.1 Å². The SMILES string of the molecule is Cc1ccc(C(=O)N2CCS[C@@]23C(=O)N(Cc2ccccc2Cl)c2ccc(F)cc23)cc1. The van der Waals surface area contributed by atoms with Crippen LogP contribution in [0.5, 0.6) is 0 Å². The second-order valence-electron chi connectivity index (χ2n) is 7.96. The predicted molar refractivity (Wildman–Crippen MR) is 125 cm³/mol. The molecule has 1 fully saturated rings. The van der Waals surface area contributed by atoms with Crippen molar-refractivity contribution >= 4 is 40.9 Å². The van der Waals surface area contributed by atoms with Gasteiger partial charge in [-0.2, -0.15) is 0 Å². The molecule has 4 nitrogen and oxygen atoms in total. The first-order chi connectivity index (χ1) is 15.4. The summed E-state index contributed by atoms with van der Waals surface area (Å²) >= 11 is 7.74. The van der Waals surface area contributed by atoms with Crippen molar-refractivity contribution in [3.63, 3.8) is 0 Å². The molecule has 5 rings (SSSR count). The smallest absolute Gasteiger partial charge is 0.268 e. The summed E-state index contributed by atoms with van der Waals surface area (Å²) in [4.78, 5) is 29.4. The fourth-order valence-corrected chi connectivity index (χ4v) is 6.04. The summed E-state index contributed by atoms with van der Waals surface area (Å²) in [6.07, 6.45) is 0. The lowest BCUT2D eigenvalue weighted by Gasteiger charge is -2.33. The minimum atomic E-state index is -1.29. The topological polar surface area (TPSA) is 40.6 Å². The van der Waals surface area contributed by atoms with E-state index < -0.39 is 10.7 Å². The van der Waals surface area contributed by atoms with Gasteiger partial charge in [0.15, 0.2) is 4.87 Å². The van der Waals surface area contributed by atoms with Gasteiger partial charge >= 0.3 is 0 Å². The van der Waals surface area contributed by atoms with Gasteiger partial charge in [0.05, 0.1) is 12.2 Å². The molecule has 2 amide bonds. The zero-order chi connectivity index (χ0) is 22.5. The van der Waals surface area contributed by atoms with Gasteiger partial charge in [-0.25, -0.2) is 4.39 Å². The van der Waals surface area contributed by atoms with Gasteiger partial charge < -0.3 is 9.80 Å². The number of benzene rings is 3. The summed E-state index contributed by atoms with van der Waals surface area (Å²) in [5.74, 6) is -0.343. The second kappa shape index (κ2) is 7.94. The van der Waals surface area contributed by atoms with Crippen molar-refractivity contribution in [2.24, 2.45) is 0 Å². The molecule has 0 N–H and O–H groups in total. The van der Waals surface area contributed by atoms with Crippen LogP contribution in [0.3, 0.4) is 0 Å². The minimum Gasteiger partial charge on any atom is -0.311 e. The molecule has 3 aromatic carbocycles. The third-order valence-corrected chi connectivity index (χ3v) is 7.77. The number of halogens is 2. The second-order valence-corrected chi connectivity index (χ2v) is 9.65. The molecule has 0 bridgehead atoms. The van der Waals surface area contributed by atoms with E-state index in [0.717, 1.165) is 11.1 Å². The molecular formula is C25H20ClFN2O2S. The Hall–Kier alpha value is -2.83. The maximum Gasteiger partial charge on any atom is 0.268 e. The minimum absolute atomic E-state index is 0.238. The molecule has 162 valence electrons. The highest BCUT2D eigenvalue weighted by Crippen LogP contribution is 2.55. The molecule has 32 heavy (non-hydrogen) atoms. The molecule has 1 atom stereocenters. The Morgan fingerprint density at radius 2 is 1.88 bits per heavy atom. The number of anilines is 1. The third-order valence-electron chi connectivity index (χ3n) is 5.99. The highest BCUT2D eigenvalue weighted by Gasteiger charge is 2.59. The summed E-state index contributed by atoms with van der Waals surface area (Å²) in [5.41, 5.74) is 3.45. The Morgan fingerprint density at radius 1 is 1.12 bits per heavy atom. The average molecular weight is 467 g/mol. The van der Waals surface area contributed by atoms with Gasteiger partial charge in [0, 0.05) is 28.4 Å². The van der Waals surface area contributed by atoms with Crippen LogP contribution in [0.25, 0.3) is 0 Å². The van der Waals surface area contributed by atoms with Crippen LogP contribution in [0.2, 0.25) is 5.02 Å². The molecule has 2 aliphatic rings. The number of nitrogens with zero attached hydrogens (tertiary/aromatic N) is 2. The molecule has 0 aromatic heterocycles. The Balaban J connectivity index is 1.60. The Morgan fingerprint density at radius 3 is 2.62 bits per heavy atom. The lowest BCUT2D eigenvalue weighted by atomic mass is 10.0. The maximum absolute atomic E-state index is 14.4. The van der Waals surface area contributed by atoms with Crippen LogP contribution < -0.4 is 4.90 Å². The van der Waals surface area contributed by atoms with Crippen LogP contribution in [0, 0.1) is 12.7 Å². The number of carbonyl (C=O) groups is 2. The summed E-state index contributed by atoms with van der Waals surface area (Å²) in [5, 5.41) is 0.552. The van der Waals surface area contributed by atoms with E-state index in [4.69, 9.17) is 11.6 Å². The van der Waals surface area contributed by atoms with Crippen molar-refractivity contribution in [1.82, 2.24) is 4.90 Å². The van der Waals surface area contributed by atoms with Crippen LogP contribution in [0.1, 0.15) is 27.0 Å². The van der Waals surface area contributed by atoms with Crippen molar-refractivity contribution in [2.75, 3.05) is 17.2 Å². The van der Waals surface area contributed by atoms with Gasteiger partial charge in [0.25, 0.3) is 11.8 Å². The molecule has 1 saturated heterocycles. The highest BCUT2D eigenvalue weighted by atomic mass is 35.5. The van der Waals surface area contributed by atoms with Gasteiger partial charge in [0.1, 0.15) is 5.82 Å². The molecule has 0 aliphatic carbocycles. The lowest BCUT2D eigenvalue weighted by Crippen LogP contribution is -2.50. The number of rotatable bonds is 3. The predicted octanol–water partition coefficient (Wildman–Crippen LogP) is 5.38. The molecule has 0 saturated carbocycles. The fourth-order valence-electron chi connectivity index (χ4n) is 4.39. The van der Waals surface area contributed by atoms with E-state index in [1.165, 1.54) is 23.9 Å². The van der Waals surface area contributed by atoms with Crippen molar-refractivity contribution < 1.29 is 14.0 Å².